The summed E-state index contributed by atoms with van der Waals surface area (Å²) in [5.74, 6) is -1.33. The van der Waals surface area contributed by atoms with Gasteiger partial charge in [-0.25, -0.2) is 4.98 Å². The number of carbonyl (C=O) groups is 1. The van der Waals surface area contributed by atoms with E-state index < -0.39 is 16.9 Å². The number of carboxylic acid groups (broad SMARTS) is 1. The molecule has 0 saturated carbocycles. The number of hydrogen-bond donors (Lipinski definition) is 1. The standard InChI is InChI=1S/C11H9N3O4S/c15-11(16)9(8-4-2-6-19-8)13-10-7(14(17)18)3-1-5-12-10/h1-6,9H,(H,12,13)(H,15,16)/t9-/m0/s1. The Labute approximate surface area is 111 Å². The topological polar surface area (TPSA) is 109 Å². The molecular weight excluding hydrogens is 270 g/mol. The van der Waals surface area contributed by atoms with E-state index in [1.807, 2.05) is 0 Å². The van der Waals surface area contributed by atoms with Crippen LogP contribution in [0.2, 0.25) is 0 Å². The fourth-order valence-corrected chi connectivity index (χ4v) is 2.30. The first-order valence-corrected chi connectivity index (χ1v) is 6.13. The summed E-state index contributed by atoms with van der Waals surface area (Å²) in [6.07, 6.45) is 1.47. The molecule has 0 saturated heterocycles. The van der Waals surface area contributed by atoms with E-state index in [1.54, 1.807) is 17.5 Å². The molecule has 2 rings (SSSR count). The average Bonchev–Trinajstić information content (AvgIpc) is 2.89. The summed E-state index contributed by atoms with van der Waals surface area (Å²) in [7, 11) is 0. The van der Waals surface area contributed by atoms with Crippen LogP contribution in [0.4, 0.5) is 11.5 Å². The predicted molar refractivity (Wildman–Crippen MR) is 65.3 cm³/mol. The molecule has 1 atom stereocenters. The number of nitro groups is 1. The number of rotatable bonds is 5. The molecule has 19 heavy (non-hydrogen) atoms. The van der Waals surface area contributed by atoms with Gasteiger partial charge in [0.05, 0.1) is 22.0 Å². The van der Waals surface area contributed by atoms with Gasteiger partial charge in [0, 0.05) is 6.07 Å². The average molecular weight is 279 g/mol. The highest BCUT2D eigenvalue weighted by Crippen LogP contribution is 2.25. The normalized spacial score (nSPS) is 11.8. The smallest absolute Gasteiger partial charge is 0.357 e. The summed E-state index contributed by atoms with van der Waals surface area (Å²) in [4.78, 5) is 24.5. The van der Waals surface area contributed by atoms with Gasteiger partial charge in [-0.2, -0.15) is 0 Å². The van der Waals surface area contributed by atoms with Gasteiger partial charge in [0.1, 0.15) is 0 Å². The molecule has 0 aliphatic rings. The second kappa shape index (κ2) is 5.44. The van der Waals surface area contributed by atoms with Crippen molar-refractivity contribution >= 4 is 28.8 Å². The largest absolute Gasteiger partial charge is 0.545 e. The Morgan fingerprint density at radius 3 is 2.79 bits per heavy atom. The van der Waals surface area contributed by atoms with Crippen molar-refractivity contribution < 1.29 is 19.8 Å². The van der Waals surface area contributed by atoms with Crippen LogP contribution in [0.3, 0.4) is 0 Å². The molecule has 8 heteroatoms. The first-order valence-electron chi connectivity index (χ1n) is 5.25. The second-order valence-electron chi connectivity index (χ2n) is 3.60. The molecule has 0 aromatic carbocycles. The molecule has 0 unspecified atom stereocenters. The molecule has 0 amide bonds. The van der Waals surface area contributed by atoms with Gasteiger partial charge >= 0.3 is 11.5 Å². The van der Waals surface area contributed by atoms with Gasteiger partial charge in [-0.1, -0.05) is 6.07 Å². The van der Waals surface area contributed by atoms with Crippen LogP contribution >= 0.6 is 11.3 Å². The maximum atomic E-state index is 11.1. The number of aromatic nitrogens is 1. The Balaban J connectivity index is 2.33. The molecule has 2 aromatic rings. The first-order chi connectivity index (χ1) is 9.09. The van der Waals surface area contributed by atoms with E-state index in [0.717, 1.165) is 0 Å². The van der Waals surface area contributed by atoms with Crippen LogP contribution in [-0.2, 0) is 4.79 Å². The number of hydrogen-bond acceptors (Lipinski definition) is 6. The minimum atomic E-state index is -1.35. The van der Waals surface area contributed by atoms with Crippen LogP contribution in [0.15, 0.2) is 35.8 Å². The van der Waals surface area contributed by atoms with Crippen LogP contribution in [-0.4, -0.2) is 10.9 Å². The van der Waals surface area contributed by atoms with E-state index in [4.69, 9.17) is 0 Å². The van der Waals surface area contributed by atoms with Crippen LogP contribution in [0.1, 0.15) is 10.9 Å². The van der Waals surface area contributed by atoms with Crippen LogP contribution < -0.4 is 15.4 Å². The lowest BCUT2D eigenvalue weighted by molar-refractivity contribution is -0.410. The van der Waals surface area contributed by atoms with Gasteiger partial charge in [0.15, 0.2) is 6.04 Å². The van der Waals surface area contributed by atoms with Gasteiger partial charge in [0.25, 0.3) is 0 Å². The third kappa shape index (κ3) is 2.86. The highest BCUT2D eigenvalue weighted by Gasteiger charge is 2.26. The maximum Gasteiger partial charge on any atom is 0.357 e. The summed E-state index contributed by atoms with van der Waals surface area (Å²) < 4.78 is 0. The van der Waals surface area contributed by atoms with Crippen molar-refractivity contribution in [1.82, 2.24) is 0 Å². The zero-order valence-corrected chi connectivity index (χ0v) is 10.3. The number of nitrogens with one attached hydrogen (secondary N) is 2. The fourth-order valence-electron chi connectivity index (χ4n) is 1.54. The molecule has 2 aromatic heterocycles. The molecule has 0 aliphatic carbocycles. The van der Waals surface area contributed by atoms with Crippen molar-refractivity contribution in [3.8, 4) is 0 Å². The minimum absolute atomic E-state index is 0.0232. The third-order valence-corrected chi connectivity index (χ3v) is 3.32. The Morgan fingerprint density at radius 1 is 1.42 bits per heavy atom. The van der Waals surface area contributed by atoms with Crippen molar-refractivity contribution in [2.24, 2.45) is 0 Å². The number of nitrogens with zero attached hydrogens (tertiary/aromatic N) is 1. The van der Waals surface area contributed by atoms with E-state index in [9.17, 15) is 20.0 Å². The molecule has 7 nitrogen and oxygen atoms in total. The molecule has 98 valence electrons. The number of carboxylic acids is 1. The molecule has 0 spiro atoms. The lowest BCUT2D eigenvalue weighted by atomic mass is 10.2. The van der Waals surface area contributed by atoms with Gasteiger partial charge in [-0.3, -0.25) is 15.4 Å². The van der Waals surface area contributed by atoms with Crippen molar-refractivity contribution in [1.29, 1.82) is 0 Å². The third-order valence-electron chi connectivity index (χ3n) is 2.38. The number of carbonyl (C=O) groups excluding carboxylic acids is 1. The fraction of sp³-hybridized carbons (Fsp3) is 0.0909. The first kappa shape index (κ1) is 13.0. The Morgan fingerprint density at radius 2 is 2.21 bits per heavy atom. The molecule has 2 N–H and O–H groups in total. The number of thiophene rings is 1. The van der Waals surface area contributed by atoms with Crippen LogP contribution in [0.25, 0.3) is 0 Å². The highest BCUT2D eigenvalue weighted by molar-refractivity contribution is 7.10. The number of anilines is 1. The summed E-state index contributed by atoms with van der Waals surface area (Å²) in [6, 6.07) is 4.91. The van der Waals surface area contributed by atoms with Gasteiger partial charge < -0.3 is 9.90 Å². The molecule has 0 fully saturated rings. The van der Waals surface area contributed by atoms with E-state index in [1.165, 1.54) is 29.7 Å². The van der Waals surface area contributed by atoms with Gasteiger partial charge in [0.2, 0.25) is 0 Å². The van der Waals surface area contributed by atoms with Crippen molar-refractivity contribution in [2.75, 3.05) is 5.32 Å². The van der Waals surface area contributed by atoms with Crippen molar-refractivity contribution in [3.63, 3.8) is 0 Å². The lowest BCUT2D eigenvalue weighted by Gasteiger charge is -2.13. The number of pyridine rings is 1. The summed E-state index contributed by atoms with van der Waals surface area (Å²) in [5, 5.41) is 26.3. The van der Waals surface area contributed by atoms with Gasteiger partial charge in [-0.15, -0.1) is 11.3 Å². The van der Waals surface area contributed by atoms with E-state index in [2.05, 4.69) is 10.3 Å². The molecule has 2 heterocycles. The van der Waals surface area contributed by atoms with Crippen molar-refractivity contribution in [3.05, 3.63) is 50.8 Å². The molecule has 0 aliphatic heterocycles. The second-order valence-corrected chi connectivity index (χ2v) is 4.58. The lowest BCUT2D eigenvalue weighted by Crippen LogP contribution is -2.35. The number of H-pyrrole nitrogens is 1. The minimum Gasteiger partial charge on any atom is -0.545 e. The maximum absolute atomic E-state index is 11.1. The van der Waals surface area contributed by atoms with Crippen LogP contribution in [0, 0.1) is 10.1 Å². The predicted octanol–water partition coefficient (Wildman–Crippen LogP) is 0.374. The Hall–Kier alpha value is -2.48. The molecule has 0 radical (unpaired) electrons. The van der Waals surface area contributed by atoms with E-state index >= 15 is 0 Å². The molecular formula is C11H9N3O4S. The monoisotopic (exact) mass is 279 g/mol. The quantitative estimate of drug-likeness (QED) is 0.628. The SMILES string of the molecule is O=C([O-])[C@@H](Nc1[nH+]cccc1[N+](=O)[O-])c1cccs1. The number of aliphatic carboxylic acids is 1. The number of aromatic amines is 1. The highest BCUT2D eigenvalue weighted by atomic mass is 32.1. The Kier molecular flexibility index (Phi) is 3.71. The summed E-state index contributed by atoms with van der Waals surface area (Å²) in [5.41, 5.74) is -0.231. The zero-order valence-electron chi connectivity index (χ0n) is 9.53. The van der Waals surface area contributed by atoms with E-state index in [0.29, 0.717) is 4.88 Å². The van der Waals surface area contributed by atoms with Crippen molar-refractivity contribution in [2.45, 2.75) is 6.04 Å². The van der Waals surface area contributed by atoms with Crippen LogP contribution in [0.5, 0.6) is 0 Å². The Bertz CT molecular complexity index is 600. The zero-order chi connectivity index (χ0) is 13.8. The van der Waals surface area contributed by atoms with E-state index in [-0.39, 0.29) is 11.5 Å². The summed E-state index contributed by atoms with van der Waals surface area (Å²) >= 11 is 1.23. The molecule has 0 bridgehead atoms. The summed E-state index contributed by atoms with van der Waals surface area (Å²) in [6.45, 7) is 0. The van der Waals surface area contributed by atoms with Gasteiger partial charge in [-0.05, 0) is 17.5 Å².